The van der Waals surface area contributed by atoms with Gasteiger partial charge in [0.05, 0.1) is 4.70 Å². The van der Waals surface area contributed by atoms with E-state index in [1.165, 1.54) is 17.4 Å². The molecule has 0 aliphatic heterocycles. The van der Waals surface area contributed by atoms with Gasteiger partial charge in [-0.1, -0.05) is 31.3 Å². The second kappa shape index (κ2) is 8.79. The molecule has 28 heavy (non-hydrogen) atoms. The summed E-state index contributed by atoms with van der Waals surface area (Å²) in [5.74, 6) is -0.579. The van der Waals surface area contributed by atoms with Gasteiger partial charge >= 0.3 is 0 Å². The summed E-state index contributed by atoms with van der Waals surface area (Å²) < 4.78 is 16.7. The van der Waals surface area contributed by atoms with Gasteiger partial charge in [-0.3, -0.25) is 14.4 Å². The first-order chi connectivity index (χ1) is 13.5. The van der Waals surface area contributed by atoms with Crippen molar-refractivity contribution in [3.8, 4) is 0 Å². The van der Waals surface area contributed by atoms with Crippen LogP contribution in [0.1, 0.15) is 37.0 Å². The number of hydrogen-bond donors (Lipinski definition) is 0. The molecule has 0 aliphatic rings. The minimum Gasteiger partial charge on any atom is -0.302 e. The molecule has 0 bridgehead atoms. The lowest BCUT2D eigenvalue weighted by molar-refractivity contribution is 0.0978. The van der Waals surface area contributed by atoms with Crippen molar-refractivity contribution >= 4 is 32.6 Å². The zero-order valence-electron chi connectivity index (χ0n) is 16.8. The Balaban J connectivity index is 1.97. The van der Waals surface area contributed by atoms with Crippen molar-refractivity contribution in [2.24, 2.45) is 0 Å². The molecule has 0 spiro atoms. The van der Waals surface area contributed by atoms with Crippen molar-refractivity contribution in [2.75, 3.05) is 31.1 Å². The fourth-order valence-electron chi connectivity index (χ4n) is 3.16. The van der Waals surface area contributed by atoms with E-state index in [0.29, 0.717) is 36.0 Å². The number of likely N-dealkylation sites (N-methyl/N-ethyl adjacent to an activating group) is 1. The van der Waals surface area contributed by atoms with Crippen LogP contribution < -0.4 is 4.90 Å². The highest BCUT2D eigenvalue weighted by molar-refractivity contribution is 7.22. The SMILES string of the molecule is CCN(CC)CCN(C(=O)c1cc(C)n(CC)n1)c1nc2c(F)cccc2s1. The van der Waals surface area contributed by atoms with E-state index in [1.807, 2.05) is 19.9 Å². The molecule has 0 saturated heterocycles. The van der Waals surface area contributed by atoms with Crippen molar-refractivity contribution in [3.05, 3.63) is 41.5 Å². The highest BCUT2D eigenvalue weighted by Crippen LogP contribution is 2.31. The number of benzene rings is 1. The van der Waals surface area contributed by atoms with E-state index in [0.717, 1.165) is 23.5 Å². The van der Waals surface area contributed by atoms with Gasteiger partial charge in [0.25, 0.3) is 5.91 Å². The van der Waals surface area contributed by atoms with E-state index in [-0.39, 0.29) is 11.7 Å². The third-order valence-electron chi connectivity index (χ3n) is 4.87. The maximum atomic E-state index is 14.1. The number of fused-ring (bicyclic) bond motifs is 1. The van der Waals surface area contributed by atoms with Crippen LogP contribution in [-0.2, 0) is 6.54 Å². The van der Waals surface area contributed by atoms with E-state index in [4.69, 9.17) is 0 Å². The van der Waals surface area contributed by atoms with Gasteiger partial charge in [-0.05, 0) is 45.1 Å². The Morgan fingerprint density at radius 2 is 1.96 bits per heavy atom. The molecule has 1 aromatic carbocycles. The van der Waals surface area contributed by atoms with Crippen molar-refractivity contribution in [1.82, 2.24) is 19.7 Å². The number of hydrogen-bond acceptors (Lipinski definition) is 5. The van der Waals surface area contributed by atoms with Crippen molar-refractivity contribution < 1.29 is 9.18 Å². The van der Waals surface area contributed by atoms with Gasteiger partial charge in [-0.25, -0.2) is 9.37 Å². The van der Waals surface area contributed by atoms with Crippen LogP contribution >= 0.6 is 11.3 Å². The molecule has 8 heteroatoms. The van der Waals surface area contributed by atoms with Gasteiger partial charge in [0.15, 0.2) is 10.8 Å². The summed E-state index contributed by atoms with van der Waals surface area (Å²) in [5.41, 5.74) is 1.63. The monoisotopic (exact) mass is 403 g/mol. The number of anilines is 1. The molecule has 150 valence electrons. The Kier molecular flexibility index (Phi) is 6.41. The summed E-state index contributed by atoms with van der Waals surface area (Å²) >= 11 is 1.33. The summed E-state index contributed by atoms with van der Waals surface area (Å²) in [6.45, 7) is 11.8. The Morgan fingerprint density at radius 1 is 1.21 bits per heavy atom. The van der Waals surface area contributed by atoms with Crippen LogP contribution in [0.25, 0.3) is 10.2 Å². The number of nitrogens with zero attached hydrogens (tertiary/aromatic N) is 5. The third-order valence-corrected chi connectivity index (χ3v) is 5.91. The summed E-state index contributed by atoms with van der Waals surface area (Å²) in [4.78, 5) is 21.6. The lowest BCUT2D eigenvalue weighted by Crippen LogP contribution is -2.39. The predicted octanol–water partition coefficient (Wildman–Crippen LogP) is 3.95. The summed E-state index contributed by atoms with van der Waals surface area (Å²) in [6.07, 6.45) is 0. The molecule has 1 amide bonds. The fourth-order valence-corrected chi connectivity index (χ4v) is 4.16. The highest BCUT2D eigenvalue weighted by atomic mass is 32.1. The average Bonchev–Trinajstić information content (AvgIpc) is 3.29. The zero-order chi connectivity index (χ0) is 20.3. The topological polar surface area (TPSA) is 54.3 Å². The van der Waals surface area contributed by atoms with Gasteiger partial charge in [-0.15, -0.1) is 0 Å². The molecule has 3 aromatic rings. The van der Waals surface area contributed by atoms with Crippen LogP contribution in [0.15, 0.2) is 24.3 Å². The lowest BCUT2D eigenvalue weighted by Gasteiger charge is -2.24. The van der Waals surface area contributed by atoms with Crippen LogP contribution in [0, 0.1) is 12.7 Å². The van der Waals surface area contributed by atoms with Crippen LogP contribution in [0.5, 0.6) is 0 Å². The van der Waals surface area contributed by atoms with E-state index in [1.54, 1.807) is 21.7 Å². The average molecular weight is 404 g/mol. The minimum absolute atomic E-state index is 0.207. The van der Waals surface area contributed by atoms with Gasteiger partial charge < -0.3 is 4.90 Å². The van der Waals surface area contributed by atoms with E-state index in [2.05, 4.69) is 28.8 Å². The smallest absolute Gasteiger partial charge is 0.280 e. The second-order valence-corrected chi connectivity index (χ2v) is 7.56. The van der Waals surface area contributed by atoms with Gasteiger partial charge in [0, 0.05) is 25.3 Å². The Morgan fingerprint density at radius 3 is 2.57 bits per heavy atom. The van der Waals surface area contributed by atoms with Crippen LogP contribution in [-0.4, -0.2) is 51.8 Å². The number of carbonyl (C=O) groups is 1. The molecule has 3 rings (SSSR count). The molecule has 0 unspecified atom stereocenters. The molecule has 6 nitrogen and oxygen atoms in total. The predicted molar refractivity (Wildman–Crippen MR) is 112 cm³/mol. The van der Waals surface area contributed by atoms with Crippen molar-refractivity contribution in [3.63, 3.8) is 0 Å². The van der Waals surface area contributed by atoms with E-state index < -0.39 is 0 Å². The quantitative estimate of drug-likeness (QED) is 0.572. The molecular weight excluding hydrogens is 377 g/mol. The number of amides is 1. The third kappa shape index (κ3) is 4.07. The molecule has 2 aromatic heterocycles. The van der Waals surface area contributed by atoms with E-state index >= 15 is 0 Å². The first-order valence-corrected chi connectivity index (χ1v) is 10.4. The first kappa shape index (κ1) is 20.4. The Bertz CT molecular complexity index is 963. The number of aromatic nitrogens is 3. The van der Waals surface area contributed by atoms with Gasteiger partial charge in [0.2, 0.25) is 0 Å². The molecule has 2 heterocycles. The molecule has 0 radical (unpaired) electrons. The van der Waals surface area contributed by atoms with Crippen LogP contribution in [0.4, 0.5) is 9.52 Å². The minimum atomic E-state index is -0.373. The standard InChI is InChI=1S/C20H26FN5OS/c1-5-24(6-2)11-12-25(19(27)16-13-14(4)26(7-3)23-16)20-22-18-15(21)9-8-10-17(18)28-20/h8-10,13H,5-7,11-12H2,1-4H3. The van der Waals surface area contributed by atoms with Gasteiger partial charge in [0.1, 0.15) is 11.3 Å². The van der Waals surface area contributed by atoms with E-state index in [9.17, 15) is 9.18 Å². The maximum absolute atomic E-state index is 14.1. The number of para-hydroxylation sites is 1. The number of thiazole rings is 1. The van der Waals surface area contributed by atoms with Crippen LogP contribution in [0.2, 0.25) is 0 Å². The second-order valence-electron chi connectivity index (χ2n) is 6.55. The van der Waals surface area contributed by atoms with Crippen molar-refractivity contribution in [1.29, 1.82) is 0 Å². The molecular formula is C20H26FN5OS. The first-order valence-electron chi connectivity index (χ1n) is 9.62. The normalized spacial score (nSPS) is 11.5. The number of halogens is 1. The lowest BCUT2D eigenvalue weighted by atomic mass is 10.3. The number of aryl methyl sites for hydroxylation is 2. The summed E-state index contributed by atoms with van der Waals surface area (Å²) in [6, 6.07) is 6.67. The largest absolute Gasteiger partial charge is 0.302 e. The molecule has 0 aliphatic carbocycles. The van der Waals surface area contributed by atoms with Crippen LogP contribution in [0.3, 0.4) is 0 Å². The molecule has 0 N–H and O–H groups in total. The summed E-state index contributed by atoms with van der Waals surface area (Å²) in [5, 5.41) is 4.93. The number of rotatable bonds is 8. The molecule has 0 atom stereocenters. The molecule has 0 saturated carbocycles. The highest BCUT2D eigenvalue weighted by Gasteiger charge is 2.25. The summed E-state index contributed by atoms with van der Waals surface area (Å²) in [7, 11) is 0. The Labute approximate surface area is 168 Å². The zero-order valence-corrected chi connectivity index (χ0v) is 17.6. The number of carbonyl (C=O) groups excluding carboxylic acids is 1. The Hall–Kier alpha value is -2.32. The fraction of sp³-hybridized carbons (Fsp3) is 0.450. The van der Waals surface area contributed by atoms with Crippen molar-refractivity contribution in [2.45, 2.75) is 34.2 Å². The maximum Gasteiger partial charge on any atom is 0.280 e. The van der Waals surface area contributed by atoms with Gasteiger partial charge in [-0.2, -0.15) is 5.10 Å². The molecule has 0 fully saturated rings.